The first-order valence-corrected chi connectivity index (χ1v) is 6.28. The Morgan fingerprint density at radius 3 is 3.31 bits per heavy atom. The molecule has 2 N–H and O–H groups in total. The molecule has 0 bridgehead atoms. The van der Waals surface area contributed by atoms with Crippen molar-refractivity contribution in [3.8, 4) is 0 Å². The van der Waals surface area contributed by atoms with E-state index < -0.39 is 0 Å². The fourth-order valence-corrected chi connectivity index (χ4v) is 3.12. The van der Waals surface area contributed by atoms with Gasteiger partial charge in [-0.15, -0.1) is 0 Å². The number of hydrogen-bond acceptors (Lipinski definition) is 3. The largest absolute Gasteiger partial charge is 0.348 e. The molecule has 1 aromatic heterocycles. The zero-order valence-corrected chi connectivity index (χ0v) is 9.87. The number of nitrogens with one attached hydrogen (secondary N) is 2. The number of fused-ring (bicyclic) bond motifs is 1. The molecule has 0 saturated carbocycles. The SMILES string of the molecule is CN1CCCC(C2NCCc3[nH]cnc32)C1. The third kappa shape index (κ3) is 1.76. The lowest BCUT2D eigenvalue weighted by molar-refractivity contribution is 0.169. The maximum atomic E-state index is 4.50. The van der Waals surface area contributed by atoms with Crippen molar-refractivity contribution in [1.29, 1.82) is 0 Å². The standard InChI is InChI=1S/C12H20N4/c1-16-6-2-3-9(7-16)11-12-10(4-5-13-11)14-8-15-12/h8-9,11,13H,2-7H2,1H3,(H,14,15). The van der Waals surface area contributed by atoms with Crippen LogP contribution in [0.15, 0.2) is 6.33 Å². The molecule has 3 rings (SSSR count). The number of nitrogens with zero attached hydrogens (tertiary/aromatic N) is 2. The highest BCUT2D eigenvalue weighted by Crippen LogP contribution is 2.31. The van der Waals surface area contributed by atoms with Crippen LogP contribution in [0.2, 0.25) is 0 Å². The summed E-state index contributed by atoms with van der Waals surface area (Å²) in [5, 5.41) is 3.64. The van der Waals surface area contributed by atoms with Crippen LogP contribution < -0.4 is 5.32 Å². The lowest BCUT2D eigenvalue weighted by Crippen LogP contribution is -2.42. The Balaban J connectivity index is 1.81. The summed E-state index contributed by atoms with van der Waals surface area (Å²) in [6, 6.07) is 0.470. The molecule has 88 valence electrons. The molecule has 1 aromatic rings. The molecule has 2 unspecified atom stereocenters. The predicted molar refractivity (Wildman–Crippen MR) is 63.3 cm³/mol. The van der Waals surface area contributed by atoms with E-state index in [1.54, 1.807) is 0 Å². The molecule has 2 aliphatic heterocycles. The molecule has 1 saturated heterocycles. The van der Waals surface area contributed by atoms with Crippen molar-refractivity contribution < 1.29 is 0 Å². The van der Waals surface area contributed by atoms with E-state index in [9.17, 15) is 0 Å². The van der Waals surface area contributed by atoms with Gasteiger partial charge in [-0.05, 0) is 32.4 Å². The van der Waals surface area contributed by atoms with Crippen molar-refractivity contribution in [1.82, 2.24) is 20.2 Å². The van der Waals surface area contributed by atoms with E-state index in [-0.39, 0.29) is 0 Å². The summed E-state index contributed by atoms with van der Waals surface area (Å²) in [7, 11) is 2.22. The molecule has 16 heavy (non-hydrogen) atoms. The molecule has 0 amide bonds. The summed E-state index contributed by atoms with van der Waals surface area (Å²) < 4.78 is 0. The Kier molecular flexibility index (Phi) is 2.69. The summed E-state index contributed by atoms with van der Waals surface area (Å²) in [6.45, 7) is 3.53. The third-order valence-corrected chi connectivity index (χ3v) is 3.92. The fourth-order valence-electron chi connectivity index (χ4n) is 3.12. The summed E-state index contributed by atoms with van der Waals surface area (Å²) in [4.78, 5) is 10.2. The van der Waals surface area contributed by atoms with E-state index in [0.717, 1.165) is 18.9 Å². The zero-order chi connectivity index (χ0) is 11.0. The molecular weight excluding hydrogens is 200 g/mol. The van der Waals surface area contributed by atoms with Crippen molar-refractivity contribution in [3.05, 3.63) is 17.7 Å². The van der Waals surface area contributed by atoms with Crippen molar-refractivity contribution in [3.63, 3.8) is 0 Å². The Morgan fingerprint density at radius 1 is 1.50 bits per heavy atom. The van der Waals surface area contributed by atoms with Gasteiger partial charge < -0.3 is 15.2 Å². The average molecular weight is 220 g/mol. The van der Waals surface area contributed by atoms with Gasteiger partial charge in [0.2, 0.25) is 0 Å². The molecule has 0 aromatic carbocycles. The van der Waals surface area contributed by atoms with Crippen LogP contribution in [0.1, 0.15) is 30.3 Å². The molecule has 2 atom stereocenters. The first-order valence-electron chi connectivity index (χ1n) is 6.28. The second-order valence-electron chi connectivity index (χ2n) is 5.11. The number of piperidine rings is 1. The maximum absolute atomic E-state index is 4.50. The van der Waals surface area contributed by atoms with Gasteiger partial charge in [0.1, 0.15) is 0 Å². The van der Waals surface area contributed by atoms with Crippen LogP contribution in [-0.2, 0) is 6.42 Å². The van der Waals surface area contributed by atoms with Gasteiger partial charge in [0, 0.05) is 25.2 Å². The van der Waals surface area contributed by atoms with E-state index in [2.05, 4.69) is 27.2 Å². The molecule has 4 heteroatoms. The fraction of sp³-hybridized carbons (Fsp3) is 0.750. The molecule has 0 spiro atoms. The number of likely N-dealkylation sites (tertiary alicyclic amines) is 1. The zero-order valence-electron chi connectivity index (χ0n) is 9.87. The second-order valence-corrected chi connectivity index (χ2v) is 5.11. The van der Waals surface area contributed by atoms with E-state index in [1.807, 2.05) is 6.33 Å². The quantitative estimate of drug-likeness (QED) is 0.740. The highest BCUT2D eigenvalue weighted by atomic mass is 15.1. The monoisotopic (exact) mass is 220 g/mol. The van der Waals surface area contributed by atoms with Gasteiger partial charge in [0.25, 0.3) is 0 Å². The van der Waals surface area contributed by atoms with Crippen LogP contribution >= 0.6 is 0 Å². The highest BCUT2D eigenvalue weighted by Gasteiger charge is 2.31. The lowest BCUT2D eigenvalue weighted by atomic mass is 9.86. The molecule has 2 aliphatic rings. The number of aromatic nitrogens is 2. The van der Waals surface area contributed by atoms with E-state index >= 15 is 0 Å². The van der Waals surface area contributed by atoms with Crippen LogP contribution in [0, 0.1) is 5.92 Å². The summed E-state index contributed by atoms with van der Waals surface area (Å²) >= 11 is 0. The lowest BCUT2D eigenvalue weighted by Gasteiger charge is -2.36. The summed E-state index contributed by atoms with van der Waals surface area (Å²) in [5.74, 6) is 0.723. The Hall–Kier alpha value is -0.870. The number of imidazole rings is 1. The molecule has 4 nitrogen and oxygen atoms in total. The Labute approximate surface area is 96.4 Å². The van der Waals surface area contributed by atoms with Gasteiger partial charge in [-0.3, -0.25) is 0 Å². The number of H-pyrrole nitrogens is 1. The normalized spacial score (nSPS) is 31.3. The van der Waals surface area contributed by atoms with Gasteiger partial charge in [-0.25, -0.2) is 4.98 Å². The molecule has 0 radical (unpaired) electrons. The van der Waals surface area contributed by atoms with Gasteiger partial charge in [-0.1, -0.05) is 0 Å². The molecular formula is C12H20N4. The van der Waals surface area contributed by atoms with E-state index in [0.29, 0.717) is 6.04 Å². The van der Waals surface area contributed by atoms with E-state index in [1.165, 1.54) is 37.3 Å². The minimum absolute atomic E-state index is 0.470. The third-order valence-electron chi connectivity index (χ3n) is 3.92. The van der Waals surface area contributed by atoms with Gasteiger partial charge in [0.05, 0.1) is 18.1 Å². The minimum atomic E-state index is 0.470. The topological polar surface area (TPSA) is 44.0 Å². The molecule has 1 fully saturated rings. The second kappa shape index (κ2) is 4.18. The predicted octanol–water partition coefficient (Wildman–Crippen LogP) is 0.938. The Bertz CT molecular complexity index is 360. The van der Waals surface area contributed by atoms with Crippen LogP contribution in [0.3, 0.4) is 0 Å². The van der Waals surface area contributed by atoms with Crippen molar-refractivity contribution >= 4 is 0 Å². The first kappa shape index (κ1) is 10.3. The van der Waals surface area contributed by atoms with Gasteiger partial charge >= 0.3 is 0 Å². The first-order chi connectivity index (χ1) is 7.84. The van der Waals surface area contributed by atoms with Crippen molar-refractivity contribution in [2.75, 3.05) is 26.7 Å². The van der Waals surface area contributed by atoms with Crippen LogP contribution in [0.5, 0.6) is 0 Å². The van der Waals surface area contributed by atoms with E-state index in [4.69, 9.17) is 0 Å². The van der Waals surface area contributed by atoms with Gasteiger partial charge in [0.15, 0.2) is 0 Å². The minimum Gasteiger partial charge on any atom is -0.348 e. The molecule has 0 aliphatic carbocycles. The Morgan fingerprint density at radius 2 is 2.44 bits per heavy atom. The number of rotatable bonds is 1. The molecule has 3 heterocycles. The summed E-state index contributed by atoms with van der Waals surface area (Å²) in [5.41, 5.74) is 2.61. The van der Waals surface area contributed by atoms with Crippen LogP contribution in [-0.4, -0.2) is 41.5 Å². The van der Waals surface area contributed by atoms with Crippen molar-refractivity contribution in [2.45, 2.75) is 25.3 Å². The van der Waals surface area contributed by atoms with Crippen LogP contribution in [0.4, 0.5) is 0 Å². The van der Waals surface area contributed by atoms with Gasteiger partial charge in [-0.2, -0.15) is 0 Å². The number of hydrogen-bond donors (Lipinski definition) is 2. The summed E-state index contributed by atoms with van der Waals surface area (Å²) in [6.07, 6.45) is 5.58. The van der Waals surface area contributed by atoms with Crippen LogP contribution in [0.25, 0.3) is 0 Å². The highest BCUT2D eigenvalue weighted by molar-refractivity contribution is 5.20. The average Bonchev–Trinajstić information content (AvgIpc) is 2.76. The van der Waals surface area contributed by atoms with Crippen molar-refractivity contribution in [2.24, 2.45) is 5.92 Å². The smallest absolute Gasteiger partial charge is 0.0925 e. The number of aromatic amines is 1. The maximum Gasteiger partial charge on any atom is 0.0925 e.